The Morgan fingerprint density at radius 3 is 1.66 bits per heavy atom. The fraction of sp³-hybridized carbons (Fsp3) is 0.375. The first kappa shape index (κ1) is 26.6. The Balaban J connectivity index is 1.91. The van der Waals surface area contributed by atoms with Gasteiger partial charge in [0.2, 0.25) is 0 Å². The summed E-state index contributed by atoms with van der Waals surface area (Å²) < 4.78 is 67.6. The molecular weight excluding hydrogens is 473 g/mol. The highest BCUT2D eigenvalue weighted by Gasteiger charge is 2.78. The number of halogens is 3. The smallest absolute Gasteiger partial charge is 0.288 e. The molecule has 176 valence electrons. The van der Waals surface area contributed by atoms with Crippen LogP contribution in [0.4, 0.5) is 18.9 Å². The second-order valence-electron chi connectivity index (χ2n) is 11.4. The fourth-order valence-corrected chi connectivity index (χ4v) is 9.65. The van der Waals surface area contributed by atoms with Crippen LogP contribution in [0, 0.1) is 10.1 Å². The van der Waals surface area contributed by atoms with E-state index in [1.807, 2.05) is 62.8 Å². The Hall–Kier alpha value is -1.48. The van der Waals surface area contributed by atoms with E-state index in [2.05, 4.69) is 0 Å². The van der Waals surface area contributed by atoms with Crippen LogP contribution in [0.25, 0.3) is 10.8 Å². The van der Waals surface area contributed by atoms with E-state index in [9.17, 15) is 27.9 Å². The molecule has 0 radical (unpaired) electrons. The van der Waals surface area contributed by atoms with Crippen LogP contribution in [-0.2, 0) is 9.09 Å². The van der Waals surface area contributed by atoms with Crippen molar-refractivity contribution in [1.29, 1.82) is 0 Å². The van der Waals surface area contributed by atoms with Gasteiger partial charge < -0.3 is 0 Å². The summed E-state index contributed by atoms with van der Waals surface area (Å²) in [5, 5.41) is 8.88. The van der Waals surface area contributed by atoms with E-state index in [4.69, 9.17) is 4.52 Å². The molecule has 1 atom stereocenters. The van der Waals surface area contributed by atoms with Crippen molar-refractivity contribution in [3.8, 4) is 0 Å². The largest absolute Gasteiger partial charge is 0.419 e. The summed E-state index contributed by atoms with van der Waals surface area (Å²) in [4.78, 5) is 10.9. The van der Waals surface area contributed by atoms with Gasteiger partial charge in [0.15, 0.2) is 6.10 Å². The highest BCUT2D eigenvalue weighted by molar-refractivity contribution is 7.56. The summed E-state index contributed by atoms with van der Waals surface area (Å²) >= 11 is 0. The normalized spacial score (nSPS) is 23.5. The van der Waals surface area contributed by atoms with Crippen LogP contribution in [0.2, 0.25) is 0 Å². The number of alkyl halides is 3. The lowest BCUT2D eigenvalue weighted by molar-refractivity contribution is -0.383. The van der Waals surface area contributed by atoms with Gasteiger partial charge in [-0.2, -0.15) is 13.2 Å². The van der Waals surface area contributed by atoms with Crippen molar-refractivity contribution < 1.29 is 27.2 Å². The second kappa shape index (κ2) is 7.53. The topological polar surface area (TPSA) is 75.5 Å². The van der Waals surface area contributed by atoms with Crippen molar-refractivity contribution in [2.45, 2.75) is 33.6 Å². The molecule has 2 heterocycles. The van der Waals surface area contributed by atoms with Crippen LogP contribution in [-0.4, -0.2) is 105 Å². The SMILES string of the molecule is BC1(B)N(P(=O)(OC(c2ccc([N+](=O)[O-])c3ccccc23)C(F)(F)F)N2C(B)(B)C2(B)B)C1(B)B. The number of hydrogen-bond donors (Lipinski definition) is 0. The van der Waals surface area contributed by atoms with Gasteiger partial charge in [-0.1, -0.05) is 18.2 Å². The molecule has 19 heteroatoms. The van der Waals surface area contributed by atoms with Crippen molar-refractivity contribution >= 4 is 86.9 Å². The van der Waals surface area contributed by atoms with Gasteiger partial charge in [0.05, 0.1) is 10.3 Å². The molecule has 0 saturated carbocycles. The highest BCUT2D eigenvalue weighted by atomic mass is 31.2. The number of rotatable bonds is 6. The van der Waals surface area contributed by atoms with Gasteiger partial charge in [-0.3, -0.25) is 19.2 Å². The molecule has 2 aromatic carbocycles. The summed E-state index contributed by atoms with van der Waals surface area (Å²) in [7, 11) is 10.4. The average molecular weight is 496 g/mol. The van der Waals surface area contributed by atoms with E-state index in [1.165, 1.54) is 24.3 Å². The maximum absolute atomic E-state index is 14.8. The molecule has 1 unspecified atom stereocenters. The van der Waals surface area contributed by atoms with Gasteiger partial charge in [0, 0.05) is 6.07 Å². The number of fused-ring (bicyclic) bond motifs is 1. The zero-order chi connectivity index (χ0) is 26.6. The Kier molecular flexibility index (Phi) is 5.72. The van der Waals surface area contributed by atoms with Gasteiger partial charge in [0.25, 0.3) is 5.69 Å². The minimum absolute atomic E-state index is 0.0317. The third-order valence-corrected chi connectivity index (χ3v) is 12.0. The Bertz CT molecular complexity index is 1230. The van der Waals surface area contributed by atoms with Crippen molar-refractivity contribution in [2.75, 3.05) is 0 Å². The summed E-state index contributed by atoms with van der Waals surface area (Å²) in [6.07, 6.45) is -7.48. The summed E-state index contributed by atoms with van der Waals surface area (Å²) in [6, 6.07) is 7.92. The molecular formula is C16H23B8F3N3O4P. The summed E-state index contributed by atoms with van der Waals surface area (Å²) in [5.41, 5.74) is -0.622. The van der Waals surface area contributed by atoms with E-state index in [-0.39, 0.29) is 22.0 Å². The molecule has 2 aromatic rings. The van der Waals surface area contributed by atoms with Crippen molar-refractivity contribution in [3.63, 3.8) is 0 Å². The van der Waals surface area contributed by atoms with E-state index in [0.29, 0.717) is 0 Å². The number of hydrogen-bond acceptors (Lipinski definition) is 4. The zero-order valence-electron chi connectivity index (χ0n) is 21.1. The van der Waals surface area contributed by atoms with Gasteiger partial charge in [-0.05, 0) is 44.4 Å². The van der Waals surface area contributed by atoms with Crippen molar-refractivity contribution in [1.82, 2.24) is 9.34 Å². The number of non-ortho nitro benzene ring substituents is 1. The van der Waals surface area contributed by atoms with Crippen molar-refractivity contribution in [2.24, 2.45) is 0 Å². The Morgan fingerprint density at radius 2 is 1.29 bits per heavy atom. The van der Waals surface area contributed by atoms with Crippen LogP contribution in [0.1, 0.15) is 11.7 Å². The monoisotopic (exact) mass is 497 g/mol. The average Bonchev–Trinajstić information content (AvgIpc) is 3.33. The molecule has 0 spiro atoms. The molecule has 0 bridgehead atoms. The number of nitrogens with zero attached hydrogens (tertiary/aromatic N) is 3. The van der Waals surface area contributed by atoms with Crippen molar-refractivity contribution in [3.05, 3.63) is 52.1 Å². The third kappa shape index (κ3) is 3.62. The number of nitro benzene ring substituents is 1. The minimum Gasteiger partial charge on any atom is -0.288 e. The van der Waals surface area contributed by atoms with Gasteiger partial charge >= 0.3 is 13.8 Å². The van der Waals surface area contributed by atoms with E-state index in [0.717, 1.165) is 12.1 Å². The van der Waals surface area contributed by atoms with Crippen LogP contribution in [0.3, 0.4) is 0 Å². The van der Waals surface area contributed by atoms with Crippen LogP contribution in [0.15, 0.2) is 36.4 Å². The molecule has 7 nitrogen and oxygen atoms in total. The summed E-state index contributed by atoms with van der Waals surface area (Å²) in [5.74, 6) is 0. The molecule has 0 N–H and O–H groups in total. The quantitative estimate of drug-likeness (QED) is 0.133. The Morgan fingerprint density at radius 1 is 0.857 bits per heavy atom. The predicted molar refractivity (Wildman–Crippen MR) is 151 cm³/mol. The lowest BCUT2D eigenvalue weighted by Crippen LogP contribution is -2.30. The first-order chi connectivity index (χ1) is 15.7. The maximum Gasteiger partial charge on any atom is 0.419 e. The van der Waals surface area contributed by atoms with Gasteiger partial charge in [-0.15, -0.1) is 0 Å². The first-order valence-corrected chi connectivity index (χ1v) is 12.9. The molecule has 0 amide bonds. The molecule has 2 saturated heterocycles. The molecule has 35 heavy (non-hydrogen) atoms. The molecule has 2 aliphatic heterocycles. The minimum atomic E-state index is -4.93. The number of nitro groups is 1. The highest BCUT2D eigenvalue weighted by Crippen LogP contribution is 2.77. The van der Waals surface area contributed by atoms with Gasteiger partial charge in [0.1, 0.15) is 62.8 Å². The standard InChI is InChI=1S/C16H23B8F3N3O4P/c17-13(18)14(19,20)29(13)35(33,30-15(21,22)16(30,23)24)34-11(12(25,26)27)9-5-6-10(28(31)32)8-4-2-1-3-7(8)9/h1-6,11H,17-24H2. The zero-order valence-corrected chi connectivity index (χ0v) is 22.0. The second-order valence-corrected chi connectivity index (χ2v) is 13.3. The lowest BCUT2D eigenvalue weighted by atomic mass is 9.49. The van der Waals surface area contributed by atoms with E-state index in [1.54, 1.807) is 9.34 Å². The first-order valence-electron chi connectivity index (χ1n) is 11.4. The van der Waals surface area contributed by atoms with E-state index >= 15 is 0 Å². The Labute approximate surface area is 209 Å². The molecule has 0 aliphatic carbocycles. The van der Waals surface area contributed by atoms with Crippen LogP contribution >= 0.6 is 7.67 Å². The number of benzene rings is 2. The predicted octanol–water partition coefficient (Wildman–Crippen LogP) is -4.21. The lowest BCUT2D eigenvalue weighted by Gasteiger charge is -2.33. The van der Waals surface area contributed by atoms with E-state index < -0.39 is 46.2 Å². The molecule has 2 fully saturated rings. The third-order valence-electron chi connectivity index (χ3n) is 8.47. The maximum atomic E-state index is 14.8. The van der Waals surface area contributed by atoms with Gasteiger partial charge in [-0.25, -0.2) is 9.34 Å². The summed E-state index contributed by atoms with van der Waals surface area (Å²) in [6.45, 7) is 0. The molecule has 2 aliphatic rings. The molecule has 0 aromatic heterocycles. The van der Waals surface area contributed by atoms with Crippen LogP contribution < -0.4 is 0 Å². The molecule has 4 rings (SSSR count). The van der Waals surface area contributed by atoms with Crippen LogP contribution in [0.5, 0.6) is 0 Å². The fourth-order valence-electron chi connectivity index (χ4n) is 5.36.